The molecule has 1 amide bonds. The van der Waals surface area contributed by atoms with Gasteiger partial charge in [-0.15, -0.1) is 0 Å². The summed E-state index contributed by atoms with van der Waals surface area (Å²) in [4.78, 5) is 25.1. The molecule has 0 radical (unpaired) electrons. The van der Waals surface area contributed by atoms with Gasteiger partial charge in [0.25, 0.3) is 5.91 Å². The fourth-order valence-electron chi connectivity index (χ4n) is 3.27. The van der Waals surface area contributed by atoms with E-state index in [0.717, 1.165) is 20.8 Å². The maximum absolute atomic E-state index is 12.6. The predicted molar refractivity (Wildman–Crippen MR) is 131 cm³/mol. The number of halogens is 1. The summed E-state index contributed by atoms with van der Waals surface area (Å²) in [5, 5.41) is 15.9. The SMILES string of the molecule is Cc1cccc(C(=O)Oc2ccc(Br)cc2/C=N\NC(=O)c2cc3ccccc3cc2O)c1. The molecule has 0 spiro atoms. The Morgan fingerprint density at radius 2 is 1.73 bits per heavy atom. The van der Waals surface area contributed by atoms with Crippen LogP contribution in [0.1, 0.15) is 31.8 Å². The van der Waals surface area contributed by atoms with E-state index >= 15 is 0 Å². The van der Waals surface area contributed by atoms with Gasteiger partial charge in [-0.2, -0.15) is 5.10 Å². The number of benzene rings is 4. The molecular formula is C26H19BrN2O4. The smallest absolute Gasteiger partial charge is 0.343 e. The van der Waals surface area contributed by atoms with Crippen LogP contribution in [-0.4, -0.2) is 23.2 Å². The number of ether oxygens (including phenoxy) is 1. The van der Waals surface area contributed by atoms with Crippen LogP contribution < -0.4 is 10.2 Å². The van der Waals surface area contributed by atoms with Gasteiger partial charge in [0.15, 0.2) is 0 Å². The molecule has 4 rings (SSSR count). The minimum atomic E-state index is -0.567. The number of phenolic OH excluding ortho intramolecular Hbond substituents is 1. The van der Waals surface area contributed by atoms with Crippen molar-refractivity contribution in [1.29, 1.82) is 0 Å². The molecule has 0 aliphatic heterocycles. The number of nitrogens with one attached hydrogen (secondary N) is 1. The third-order valence-corrected chi connectivity index (χ3v) is 5.40. The quantitative estimate of drug-likeness (QED) is 0.161. The van der Waals surface area contributed by atoms with Gasteiger partial charge < -0.3 is 9.84 Å². The van der Waals surface area contributed by atoms with Crippen LogP contribution in [0.4, 0.5) is 0 Å². The van der Waals surface area contributed by atoms with E-state index in [0.29, 0.717) is 11.1 Å². The summed E-state index contributed by atoms with van der Waals surface area (Å²) in [5.41, 5.74) is 4.37. The third-order valence-electron chi connectivity index (χ3n) is 4.91. The molecule has 0 saturated carbocycles. The van der Waals surface area contributed by atoms with Gasteiger partial charge >= 0.3 is 5.97 Å². The zero-order valence-electron chi connectivity index (χ0n) is 17.6. The van der Waals surface area contributed by atoms with Crippen LogP contribution >= 0.6 is 15.9 Å². The third kappa shape index (κ3) is 5.27. The van der Waals surface area contributed by atoms with Crippen molar-refractivity contribution >= 4 is 44.8 Å². The van der Waals surface area contributed by atoms with Crippen LogP contribution in [0.15, 0.2) is 88.4 Å². The van der Waals surface area contributed by atoms with Crippen LogP contribution in [0, 0.1) is 6.92 Å². The molecule has 0 aromatic heterocycles. The van der Waals surface area contributed by atoms with Gasteiger partial charge in [0.1, 0.15) is 11.5 Å². The predicted octanol–water partition coefficient (Wildman–Crippen LogP) is 5.60. The highest BCUT2D eigenvalue weighted by Crippen LogP contribution is 2.25. The molecule has 4 aromatic carbocycles. The Morgan fingerprint density at radius 1 is 0.970 bits per heavy atom. The second-order valence-electron chi connectivity index (χ2n) is 7.36. The van der Waals surface area contributed by atoms with Crippen LogP contribution in [0.25, 0.3) is 10.8 Å². The molecule has 0 heterocycles. The second kappa shape index (κ2) is 9.67. The topological polar surface area (TPSA) is 88.0 Å². The van der Waals surface area contributed by atoms with Gasteiger partial charge in [-0.3, -0.25) is 4.79 Å². The molecule has 2 N–H and O–H groups in total. The number of rotatable bonds is 5. The van der Waals surface area contributed by atoms with Crippen LogP contribution in [0.3, 0.4) is 0 Å². The van der Waals surface area contributed by atoms with Gasteiger partial charge in [0, 0.05) is 10.0 Å². The average molecular weight is 503 g/mol. The largest absolute Gasteiger partial charge is 0.507 e. The normalized spacial score (nSPS) is 11.0. The first kappa shape index (κ1) is 22.2. The van der Waals surface area contributed by atoms with Gasteiger partial charge in [-0.05, 0) is 60.2 Å². The first-order valence-corrected chi connectivity index (χ1v) is 10.8. The van der Waals surface area contributed by atoms with Crippen molar-refractivity contribution in [2.45, 2.75) is 6.92 Å². The molecule has 0 saturated heterocycles. The van der Waals surface area contributed by atoms with Crippen molar-refractivity contribution in [2.24, 2.45) is 5.10 Å². The molecule has 164 valence electrons. The Morgan fingerprint density at radius 3 is 2.48 bits per heavy atom. The van der Waals surface area contributed by atoms with E-state index in [1.54, 1.807) is 42.5 Å². The lowest BCUT2D eigenvalue weighted by atomic mass is 10.1. The van der Waals surface area contributed by atoms with Crippen LogP contribution in [0.2, 0.25) is 0 Å². The molecule has 0 fully saturated rings. The summed E-state index contributed by atoms with van der Waals surface area (Å²) < 4.78 is 6.30. The van der Waals surface area contributed by atoms with E-state index in [4.69, 9.17) is 4.74 Å². The highest BCUT2D eigenvalue weighted by atomic mass is 79.9. The van der Waals surface area contributed by atoms with E-state index in [9.17, 15) is 14.7 Å². The number of aromatic hydroxyl groups is 1. The van der Waals surface area contributed by atoms with Gasteiger partial charge in [-0.25, -0.2) is 10.2 Å². The molecule has 7 heteroatoms. The number of hydrogen-bond acceptors (Lipinski definition) is 5. The monoisotopic (exact) mass is 502 g/mol. The number of hydrogen-bond donors (Lipinski definition) is 2. The molecule has 6 nitrogen and oxygen atoms in total. The van der Waals surface area contributed by atoms with E-state index in [-0.39, 0.29) is 17.1 Å². The number of phenols is 1. The van der Waals surface area contributed by atoms with Crippen molar-refractivity contribution in [2.75, 3.05) is 0 Å². The Hall–Kier alpha value is -3.97. The number of esters is 1. The lowest BCUT2D eigenvalue weighted by molar-refractivity contribution is 0.0734. The molecule has 0 unspecified atom stereocenters. The zero-order chi connectivity index (χ0) is 23.4. The highest BCUT2D eigenvalue weighted by molar-refractivity contribution is 9.10. The van der Waals surface area contributed by atoms with E-state index < -0.39 is 11.9 Å². The fraction of sp³-hybridized carbons (Fsp3) is 0.0385. The second-order valence-corrected chi connectivity index (χ2v) is 8.27. The molecule has 33 heavy (non-hydrogen) atoms. The van der Waals surface area contributed by atoms with Crippen molar-refractivity contribution in [3.05, 3.63) is 106 Å². The van der Waals surface area contributed by atoms with Crippen LogP contribution in [-0.2, 0) is 0 Å². The van der Waals surface area contributed by atoms with Gasteiger partial charge in [0.05, 0.1) is 17.3 Å². The van der Waals surface area contributed by atoms with Crippen molar-refractivity contribution in [3.63, 3.8) is 0 Å². The Balaban J connectivity index is 1.52. The summed E-state index contributed by atoms with van der Waals surface area (Å²) in [6.45, 7) is 1.89. The van der Waals surface area contributed by atoms with E-state index in [1.807, 2.05) is 37.3 Å². The Bertz CT molecular complexity index is 1400. The Kier molecular flexibility index (Phi) is 6.51. The maximum atomic E-state index is 12.6. The van der Waals surface area contributed by atoms with Crippen molar-refractivity contribution in [1.82, 2.24) is 5.43 Å². The first-order valence-electron chi connectivity index (χ1n) is 10.0. The summed E-state index contributed by atoms with van der Waals surface area (Å²) >= 11 is 3.38. The van der Waals surface area contributed by atoms with E-state index in [2.05, 4.69) is 26.5 Å². The minimum absolute atomic E-state index is 0.103. The van der Waals surface area contributed by atoms with Gasteiger partial charge in [-0.1, -0.05) is 57.9 Å². The fourth-order valence-corrected chi connectivity index (χ4v) is 3.65. The number of carbonyl (C=O) groups excluding carboxylic acids is 2. The summed E-state index contributed by atoms with van der Waals surface area (Å²) in [6.07, 6.45) is 1.37. The summed E-state index contributed by atoms with van der Waals surface area (Å²) in [5.74, 6) is -0.920. The van der Waals surface area contributed by atoms with Crippen LogP contribution in [0.5, 0.6) is 11.5 Å². The number of nitrogens with zero attached hydrogens (tertiary/aromatic N) is 1. The highest BCUT2D eigenvalue weighted by Gasteiger charge is 2.14. The molecule has 0 atom stereocenters. The van der Waals surface area contributed by atoms with Gasteiger partial charge in [0.2, 0.25) is 0 Å². The van der Waals surface area contributed by atoms with Crippen molar-refractivity contribution in [3.8, 4) is 11.5 Å². The van der Waals surface area contributed by atoms with E-state index in [1.165, 1.54) is 12.3 Å². The lowest BCUT2D eigenvalue weighted by Gasteiger charge is -2.09. The molecular weight excluding hydrogens is 484 g/mol. The Labute approximate surface area is 198 Å². The standard InChI is InChI=1S/C26H19BrN2O4/c1-16-5-4-8-19(11-16)26(32)33-24-10-9-21(27)12-20(24)15-28-29-25(31)22-13-17-6-2-3-7-18(17)14-23(22)30/h2-15,30H,1H3,(H,29,31)/b28-15-. The summed E-state index contributed by atoms with van der Waals surface area (Å²) in [7, 11) is 0. The number of fused-ring (bicyclic) bond motifs is 1. The summed E-state index contributed by atoms with van der Waals surface area (Å²) in [6, 6.07) is 22.7. The zero-order valence-corrected chi connectivity index (χ0v) is 19.2. The van der Waals surface area contributed by atoms with Crippen molar-refractivity contribution < 1.29 is 19.4 Å². The molecule has 0 aliphatic rings. The molecule has 0 bridgehead atoms. The molecule has 0 aliphatic carbocycles. The number of carbonyl (C=O) groups is 2. The number of aryl methyl sites for hydroxylation is 1. The number of hydrazone groups is 1. The average Bonchev–Trinajstić information content (AvgIpc) is 2.80. The molecule has 4 aromatic rings. The first-order chi connectivity index (χ1) is 15.9. The maximum Gasteiger partial charge on any atom is 0.343 e. The number of amides is 1. The minimum Gasteiger partial charge on any atom is -0.507 e. The lowest BCUT2D eigenvalue weighted by Crippen LogP contribution is -2.18.